The van der Waals surface area contributed by atoms with E-state index in [1.54, 1.807) is 23.0 Å². The first-order valence-corrected chi connectivity index (χ1v) is 10.1. The minimum atomic E-state index is -0.284. The second-order valence-electron chi connectivity index (χ2n) is 7.83. The van der Waals surface area contributed by atoms with Crippen molar-refractivity contribution in [2.24, 2.45) is 0 Å². The molecule has 1 amide bonds. The molecule has 2 saturated heterocycles. The van der Waals surface area contributed by atoms with Crippen molar-refractivity contribution in [2.75, 3.05) is 26.2 Å². The number of likely N-dealkylation sites (tertiary alicyclic amines) is 1. The Bertz CT molecular complexity index is 1010. The number of amides is 1. The number of nitrogens with zero attached hydrogens (tertiary/aromatic N) is 3. The molecule has 0 spiro atoms. The molecule has 2 aromatic carbocycles. The maximum atomic E-state index is 13.4. The van der Waals surface area contributed by atoms with Crippen molar-refractivity contribution in [3.05, 3.63) is 83.4 Å². The summed E-state index contributed by atoms with van der Waals surface area (Å²) in [5.41, 5.74) is 3.64. The predicted molar refractivity (Wildman–Crippen MR) is 109 cm³/mol. The van der Waals surface area contributed by atoms with Crippen molar-refractivity contribution in [2.45, 2.75) is 18.3 Å². The van der Waals surface area contributed by atoms with E-state index in [0.717, 1.165) is 44.0 Å². The van der Waals surface area contributed by atoms with E-state index >= 15 is 0 Å². The Labute approximate surface area is 169 Å². The van der Waals surface area contributed by atoms with Gasteiger partial charge in [-0.1, -0.05) is 30.3 Å². The second kappa shape index (κ2) is 7.44. The lowest BCUT2D eigenvalue weighted by Gasteiger charge is -2.29. The fraction of sp³-hybridized carbons (Fsp3) is 0.304. The molecule has 0 radical (unpaired) electrons. The molecule has 29 heavy (non-hydrogen) atoms. The van der Waals surface area contributed by atoms with Crippen molar-refractivity contribution < 1.29 is 9.18 Å². The second-order valence-corrected chi connectivity index (χ2v) is 7.83. The molecule has 3 aromatic rings. The third kappa shape index (κ3) is 3.34. The lowest BCUT2D eigenvalue weighted by molar-refractivity contribution is 0.0788. The van der Waals surface area contributed by atoms with Crippen LogP contribution in [0.3, 0.4) is 0 Å². The van der Waals surface area contributed by atoms with Gasteiger partial charge in [0.05, 0.1) is 23.1 Å². The Morgan fingerprint density at radius 2 is 1.79 bits per heavy atom. The molecule has 1 atom stereocenters. The quantitative estimate of drug-likeness (QED) is 0.744. The molecule has 148 valence electrons. The average molecular weight is 390 g/mol. The van der Waals surface area contributed by atoms with E-state index in [1.807, 2.05) is 23.1 Å². The van der Waals surface area contributed by atoms with Crippen molar-refractivity contribution in [1.82, 2.24) is 20.0 Å². The Morgan fingerprint density at radius 3 is 2.48 bits per heavy atom. The summed E-state index contributed by atoms with van der Waals surface area (Å²) >= 11 is 0. The molecule has 3 heterocycles. The largest absolute Gasteiger partial charge is 0.338 e. The SMILES string of the molecule is O=C(c1cnn(-c2ccc(F)cc2)c1C1CNC1)N1CC[C@H](c2ccccc2)C1. The van der Waals surface area contributed by atoms with E-state index in [-0.39, 0.29) is 17.6 Å². The summed E-state index contributed by atoms with van der Waals surface area (Å²) in [5.74, 6) is 0.363. The number of aromatic nitrogens is 2. The molecule has 5 rings (SSSR count). The van der Waals surface area contributed by atoms with Crippen molar-refractivity contribution in [3.8, 4) is 5.69 Å². The normalized spacial score (nSPS) is 19.3. The van der Waals surface area contributed by atoms with Gasteiger partial charge in [0.25, 0.3) is 5.91 Å². The highest BCUT2D eigenvalue weighted by molar-refractivity contribution is 5.95. The number of hydrogen-bond acceptors (Lipinski definition) is 3. The Morgan fingerprint density at radius 1 is 1.03 bits per heavy atom. The van der Waals surface area contributed by atoms with E-state index in [2.05, 4.69) is 22.5 Å². The van der Waals surface area contributed by atoms with Crippen LogP contribution >= 0.6 is 0 Å². The van der Waals surface area contributed by atoms with Crippen LogP contribution in [-0.4, -0.2) is 46.8 Å². The number of carbonyl (C=O) groups is 1. The van der Waals surface area contributed by atoms with Crippen LogP contribution in [0.4, 0.5) is 4.39 Å². The molecular formula is C23H23FN4O. The van der Waals surface area contributed by atoms with Crippen LogP contribution in [0.5, 0.6) is 0 Å². The molecule has 2 aliphatic rings. The van der Waals surface area contributed by atoms with Crippen LogP contribution in [0, 0.1) is 5.82 Å². The number of halogens is 1. The third-order valence-electron chi connectivity index (χ3n) is 6.02. The van der Waals surface area contributed by atoms with Gasteiger partial charge in [0, 0.05) is 38.0 Å². The summed E-state index contributed by atoms with van der Waals surface area (Å²) in [6.45, 7) is 3.12. The van der Waals surface area contributed by atoms with Gasteiger partial charge in [0.2, 0.25) is 0 Å². The summed E-state index contributed by atoms with van der Waals surface area (Å²) < 4.78 is 15.1. The van der Waals surface area contributed by atoms with Crippen molar-refractivity contribution >= 4 is 5.91 Å². The number of nitrogens with one attached hydrogen (secondary N) is 1. The van der Waals surface area contributed by atoms with Crippen LogP contribution < -0.4 is 5.32 Å². The first-order valence-electron chi connectivity index (χ1n) is 10.1. The molecule has 1 N–H and O–H groups in total. The first-order chi connectivity index (χ1) is 14.2. The molecule has 0 bridgehead atoms. The first kappa shape index (κ1) is 18.1. The standard InChI is InChI=1S/C23H23FN4O/c24-19-6-8-20(9-7-19)28-22(18-12-25-13-18)21(14-26-28)23(29)27-11-10-17(15-27)16-4-2-1-3-5-16/h1-9,14,17-18,25H,10-13,15H2/t17-/m0/s1. The van der Waals surface area contributed by atoms with E-state index in [9.17, 15) is 9.18 Å². The van der Waals surface area contributed by atoms with Gasteiger partial charge in [-0.05, 0) is 36.2 Å². The lowest BCUT2D eigenvalue weighted by Crippen LogP contribution is -2.42. The molecule has 5 nitrogen and oxygen atoms in total. The highest BCUT2D eigenvalue weighted by Gasteiger charge is 2.34. The number of benzene rings is 2. The summed E-state index contributed by atoms with van der Waals surface area (Å²) in [4.78, 5) is 15.3. The van der Waals surface area contributed by atoms with Gasteiger partial charge < -0.3 is 10.2 Å². The number of carbonyl (C=O) groups excluding carboxylic acids is 1. The molecule has 1 aromatic heterocycles. The Kier molecular flexibility index (Phi) is 4.64. The topological polar surface area (TPSA) is 50.2 Å². The van der Waals surface area contributed by atoms with E-state index in [0.29, 0.717) is 11.5 Å². The lowest BCUT2D eigenvalue weighted by atomic mass is 9.95. The summed E-state index contributed by atoms with van der Waals surface area (Å²) in [5, 5.41) is 7.78. The zero-order valence-electron chi connectivity index (χ0n) is 16.1. The fourth-order valence-corrected chi connectivity index (χ4v) is 4.30. The van der Waals surface area contributed by atoms with Crippen LogP contribution in [0.15, 0.2) is 60.8 Å². The van der Waals surface area contributed by atoms with Gasteiger partial charge in [-0.3, -0.25) is 4.79 Å². The Hall–Kier alpha value is -2.99. The van der Waals surface area contributed by atoms with E-state index < -0.39 is 0 Å². The minimum absolute atomic E-state index is 0.0405. The van der Waals surface area contributed by atoms with E-state index in [4.69, 9.17) is 0 Å². The zero-order chi connectivity index (χ0) is 19.8. The monoisotopic (exact) mass is 390 g/mol. The molecule has 0 aliphatic carbocycles. The highest BCUT2D eigenvalue weighted by atomic mass is 19.1. The van der Waals surface area contributed by atoms with Gasteiger partial charge >= 0.3 is 0 Å². The molecule has 2 aliphatic heterocycles. The van der Waals surface area contributed by atoms with Crippen LogP contribution in [0.1, 0.15) is 39.9 Å². The van der Waals surface area contributed by atoms with Crippen LogP contribution in [0.25, 0.3) is 5.69 Å². The molecule has 2 fully saturated rings. The number of hydrogen-bond donors (Lipinski definition) is 1. The highest BCUT2D eigenvalue weighted by Crippen LogP contribution is 2.31. The van der Waals surface area contributed by atoms with E-state index in [1.165, 1.54) is 17.7 Å². The Balaban J connectivity index is 1.43. The minimum Gasteiger partial charge on any atom is -0.338 e. The van der Waals surface area contributed by atoms with Gasteiger partial charge in [-0.25, -0.2) is 9.07 Å². The summed E-state index contributed by atoms with van der Waals surface area (Å²) in [7, 11) is 0. The van der Waals surface area contributed by atoms with Gasteiger partial charge in [-0.15, -0.1) is 0 Å². The molecule has 0 saturated carbocycles. The van der Waals surface area contributed by atoms with Gasteiger partial charge in [-0.2, -0.15) is 5.10 Å². The summed E-state index contributed by atoms with van der Waals surface area (Å²) in [6, 6.07) is 16.6. The van der Waals surface area contributed by atoms with Crippen molar-refractivity contribution in [1.29, 1.82) is 0 Å². The maximum Gasteiger partial charge on any atom is 0.257 e. The van der Waals surface area contributed by atoms with Crippen LogP contribution in [0.2, 0.25) is 0 Å². The summed E-state index contributed by atoms with van der Waals surface area (Å²) in [6.07, 6.45) is 2.65. The molecule has 0 unspecified atom stereocenters. The van der Waals surface area contributed by atoms with Crippen LogP contribution in [-0.2, 0) is 0 Å². The van der Waals surface area contributed by atoms with Gasteiger partial charge in [0.15, 0.2) is 0 Å². The maximum absolute atomic E-state index is 13.4. The van der Waals surface area contributed by atoms with Gasteiger partial charge in [0.1, 0.15) is 5.82 Å². The predicted octanol–water partition coefficient (Wildman–Crippen LogP) is 3.33. The average Bonchev–Trinajstić information content (AvgIpc) is 3.36. The molecule has 6 heteroatoms. The fourth-order valence-electron chi connectivity index (χ4n) is 4.30. The third-order valence-corrected chi connectivity index (χ3v) is 6.02. The smallest absolute Gasteiger partial charge is 0.257 e. The molecular weight excluding hydrogens is 367 g/mol. The zero-order valence-corrected chi connectivity index (χ0v) is 16.1. The van der Waals surface area contributed by atoms with Crippen molar-refractivity contribution in [3.63, 3.8) is 0 Å². The number of rotatable bonds is 4.